The number of benzene rings is 1. The number of ether oxygens (including phenoxy) is 1. The SMILES string of the molecule is Cc1cccc(N2CCN(C(=O)C(C)OCC(F)(F)F)CC2)c1C. The van der Waals surface area contributed by atoms with Crippen LogP contribution in [0.4, 0.5) is 18.9 Å². The fourth-order valence-electron chi connectivity index (χ4n) is 2.79. The predicted octanol–water partition coefficient (Wildman–Crippen LogP) is 2.92. The number of carbonyl (C=O) groups excluding carboxylic acids is 1. The van der Waals surface area contributed by atoms with Gasteiger partial charge >= 0.3 is 6.18 Å². The monoisotopic (exact) mass is 344 g/mol. The van der Waals surface area contributed by atoms with Crippen LogP contribution in [0.25, 0.3) is 0 Å². The summed E-state index contributed by atoms with van der Waals surface area (Å²) in [6.45, 7) is 6.35. The van der Waals surface area contributed by atoms with Crippen molar-refractivity contribution in [2.75, 3.05) is 37.7 Å². The molecule has 1 unspecified atom stereocenters. The van der Waals surface area contributed by atoms with Crippen LogP contribution in [-0.2, 0) is 9.53 Å². The van der Waals surface area contributed by atoms with E-state index in [9.17, 15) is 18.0 Å². The number of alkyl halides is 3. The molecule has 0 aromatic heterocycles. The van der Waals surface area contributed by atoms with Gasteiger partial charge in [-0.15, -0.1) is 0 Å². The van der Waals surface area contributed by atoms with E-state index in [-0.39, 0.29) is 5.91 Å². The lowest BCUT2D eigenvalue weighted by molar-refractivity contribution is -0.188. The molecule has 1 saturated heterocycles. The molecule has 24 heavy (non-hydrogen) atoms. The number of anilines is 1. The molecule has 1 atom stereocenters. The highest BCUT2D eigenvalue weighted by molar-refractivity contribution is 5.80. The Kier molecular flexibility index (Phi) is 5.74. The third kappa shape index (κ3) is 4.63. The maximum atomic E-state index is 12.2. The molecule has 1 heterocycles. The predicted molar refractivity (Wildman–Crippen MR) is 86.2 cm³/mol. The van der Waals surface area contributed by atoms with E-state index in [1.165, 1.54) is 18.1 Å². The van der Waals surface area contributed by atoms with Gasteiger partial charge in [0, 0.05) is 31.9 Å². The minimum Gasteiger partial charge on any atom is -0.368 e. The van der Waals surface area contributed by atoms with Crippen LogP contribution in [0.15, 0.2) is 18.2 Å². The highest BCUT2D eigenvalue weighted by Gasteiger charge is 2.32. The Hall–Kier alpha value is -1.76. The molecule has 0 N–H and O–H groups in total. The van der Waals surface area contributed by atoms with E-state index in [1.54, 1.807) is 4.90 Å². The molecule has 1 aromatic carbocycles. The minimum atomic E-state index is -4.42. The summed E-state index contributed by atoms with van der Waals surface area (Å²) >= 11 is 0. The van der Waals surface area contributed by atoms with Crippen molar-refractivity contribution >= 4 is 11.6 Å². The first kappa shape index (κ1) is 18.6. The molecule has 0 radical (unpaired) electrons. The highest BCUT2D eigenvalue weighted by Crippen LogP contribution is 2.24. The van der Waals surface area contributed by atoms with Crippen LogP contribution in [-0.4, -0.2) is 55.9 Å². The van der Waals surface area contributed by atoms with Gasteiger partial charge in [-0.1, -0.05) is 12.1 Å². The Morgan fingerprint density at radius 3 is 2.42 bits per heavy atom. The van der Waals surface area contributed by atoms with E-state index in [1.807, 2.05) is 6.07 Å². The Balaban J connectivity index is 1.90. The summed E-state index contributed by atoms with van der Waals surface area (Å²) < 4.78 is 41.2. The maximum absolute atomic E-state index is 12.2. The van der Waals surface area contributed by atoms with Gasteiger partial charge in [0.2, 0.25) is 0 Å². The Labute approximate surface area is 140 Å². The Morgan fingerprint density at radius 1 is 1.21 bits per heavy atom. The average Bonchev–Trinajstić information content (AvgIpc) is 2.54. The number of hydrogen-bond donors (Lipinski definition) is 0. The number of hydrogen-bond acceptors (Lipinski definition) is 3. The zero-order valence-corrected chi connectivity index (χ0v) is 14.2. The van der Waals surface area contributed by atoms with Crippen molar-refractivity contribution in [3.05, 3.63) is 29.3 Å². The van der Waals surface area contributed by atoms with E-state index in [4.69, 9.17) is 0 Å². The van der Waals surface area contributed by atoms with Gasteiger partial charge in [0.15, 0.2) is 0 Å². The lowest BCUT2D eigenvalue weighted by atomic mass is 10.1. The molecule has 0 saturated carbocycles. The van der Waals surface area contributed by atoms with Gasteiger partial charge in [0.05, 0.1) is 0 Å². The van der Waals surface area contributed by atoms with E-state index in [2.05, 4.69) is 35.6 Å². The smallest absolute Gasteiger partial charge is 0.368 e. The molecule has 1 amide bonds. The summed E-state index contributed by atoms with van der Waals surface area (Å²) in [5, 5.41) is 0. The van der Waals surface area contributed by atoms with Crippen molar-refractivity contribution in [3.63, 3.8) is 0 Å². The van der Waals surface area contributed by atoms with Crippen LogP contribution >= 0.6 is 0 Å². The average molecular weight is 344 g/mol. The molecule has 134 valence electrons. The Bertz CT molecular complexity index is 582. The van der Waals surface area contributed by atoms with Crippen molar-refractivity contribution in [3.8, 4) is 0 Å². The van der Waals surface area contributed by atoms with Gasteiger partial charge in [0.1, 0.15) is 12.7 Å². The number of rotatable bonds is 4. The fourth-order valence-corrected chi connectivity index (χ4v) is 2.79. The van der Waals surface area contributed by atoms with Crippen molar-refractivity contribution < 1.29 is 22.7 Å². The van der Waals surface area contributed by atoms with E-state index >= 15 is 0 Å². The van der Waals surface area contributed by atoms with Gasteiger partial charge in [-0.2, -0.15) is 13.2 Å². The Morgan fingerprint density at radius 2 is 1.83 bits per heavy atom. The van der Waals surface area contributed by atoms with Crippen molar-refractivity contribution in [1.82, 2.24) is 4.90 Å². The first-order chi connectivity index (χ1) is 11.2. The standard InChI is InChI=1S/C17H23F3N2O2/c1-12-5-4-6-15(13(12)2)21-7-9-22(10-8-21)16(23)14(3)24-11-17(18,19)20/h4-6,14H,7-11H2,1-3H3. The number of amides is 1. The van der Waals surface area contributed by atoms with Crippen LogP contribution in [0.1, 0.15) is 18.1 Å². The van der Waals surface area contributed by atoms with Crippen LogP contribution < -0.4 is 4.90 Å². The molecule has 1 fully saturated rings. The molecule has 7 heteroatoms. The molecule has 1 aliphatic heterocycles. The zero-order valence-electron chi connectivity index (χ0n) is 14.2. The molecule has 0 aliphatic carbocycles. The lowest BCUT2D eigenvalue weighted by Crippen LogP contribution is -2.51. The quantitative estimate of drug-likeness (QED) is 0.842. The van der Waals surface area contributed by atoms with Crippen LogP contribution in [0, 0.1) is 13.8 Å². The summed E-state index contributed by atoms with van der Waals surface area (Å²) in [5.74, 6) is -0.389. The van der Waals surface area contributed by atoms with E-state index < -0.39 is 18.9 Å². The van der Waals surface area contributed by atoms with Crippen molar-refractivity contribution in [2.24, 2.45) is 0 Å². The summed E-state index contributed by atoms with van der Waals surface area (Å²) in [7, 11) is 0. The number of nitrogens with zero attached hydrogens (tertiary/aromatic N) is 2. The van der Waals surface area contributed by atoms with Gasteiger partial charge in [-0.05, 0) is 38.0 Å². The third-order valence-corrected chi connectivity index (χ3v) is 4.35. The third-order valence-electron chi connectivity index (χ3n) is 4.35. The first-order valence-corrected chi connectivity index (χ1v) is 7.97. The maximum Gasteiger partial charge on any atom is 0.411 e. The lowest BCUT2D eigenvalue weighted by Gasteiger charge is -2.38. The number of aryl methyl sites for hydroxylation is 1. The van der Waals surface area contributed by atoms with Crippen LogP contribution in [0.5, 0.6) is 0 Å². The summed E-state index contributed by atoms with van der Waals surface area (Å²) in [5.41, 5.74) is 3.56. The first-order valence-electron chi connectivity index (χ1n) is 7.97. The molecule has 1 aromatic rings. The van der Waals surface area contributed by atoms with Crippen LogP contribution in [0.2, 0.25) is 0 Å². The van der Waals surface area contributed by atoms with Gasteiger partial charge in [-0.25, -0.2) is 0 Å². The largest absolute Gasteiger partial charge is 0.411 e. The van der Waals surface area contributed by atoms with Gasteiger partial charge in [-0.3, -0.25) is 4.79 Å². The normalized spacial score (nSPS) is 17.1. The van der Waals surface area contributed by atoms with Gasteiger partial charge in [0.25, 0.3) is 5.91 Å². The van der Waals surface area contributed by atoms with Crippen LogP contribution in [0.3, 0.4) is 0 Å². The second-order valence-corrected chi connectivity index (χ2v) is 6.10. The second-order valence-electron chi connectivity index (χ2n) is 6.10. The van der Waals surface area contributed by atoms with Crippen molar-refractivity contribution in [1.29, 1.82) is 0 Å². The second kappa shape index (κ2) is 7.42. The number of carbonyl (C=O) groups is 1. The van der Waals surface area contributed by atoms with Gasteiger partial charge < -0.3 is 14.5 Å². The molecular weight excluding hydrogens is 321 g/mol. The molecule has 1 aliphatic rings. The topological polar surface area (TPSA) is 32.8 Å². The number of halogens is 3. The van der Waals surface area contributed by atoms with E-state index in [0.29, 0.717) is 26.2 Å². The summed E-state index contributed by atoms with van der Waals surface area (Å²) in [4.78, 5) is 16.0. The molecular formula is C17H23F3N2O2. The molecule has 0 bridgehead atoms. The zero-order chi connectivity index (χ0) is 17.9. The molecule has 4 nitrogen and oxygen atoms in total. The summed E-state index contributed by atoms with van der Waals surface area (Å²) in [6.07, 6.45) is -5.51. The fraction of sp³-hybridized carbons (Fsp3) is 0.588. The minimum absolute atomic E-state index is 0.389. The van der Waals surface area contributed by atoms with E-state index in [0.717, 1.165) is 5.69 Å². The highest BCUT2D eigenvalue weighted by atomic mass is 19.4. The summed E-state index contributed by atoms with van der Waals surface area (Å²) in [6, 6.07) is 6.11. The molecule has 2 rings (SSSR count). The molecule has 0 spiro atoms. The van der Waals surface area contributed by atoms with Crippen molar-refractivity contribution in [2.45, 2.75) is 33.1 Å². The number of piperazine rings is 1.